The summed E-state index contributed by atoms with van der Waals surface area (Å²) in [7, 11) is 0. The number of carbonyl (C=O) groups is 1. The fourth-order valence-corrected chi connectivity index (χ4v) is 1.89. The van der Waals surface area contributed by atoms with Crippen molar-refractivity contribution in [3.63, 3.8) is 0 Å². The molecular weight excluding hydrogens is 202 g/mol. The van der Waals surface area contributed by atoms with Crippen LogP contribution in [0.4, 0.5) is 0 Å². The first-order valence-electron chi connectivity index (χ1n) is 5.21. The van der Waals surface area contributed by atoms with E-state index in [-0.39, 0.29) is 11.9 Å². The van der Waals surface area contributed by atoms with Gasteiger partial charge in [-0.15, -0.1) is 0 Å². The maximum atomic E-state index is 11.5. The van der Waals surface area contributed by atoms with E-state index in [1.807, 2.05) is 24.3 Å². The van der Waals surface area contributed by atoms with Crippen LogP contribution in [0.1, 0.15) is 23.3 Å². The highest BCUT2D eigenvalue weighted by molar-refractivity contribution is 5.93. The number of hydrogen-bond acceptors (Lipinski definition) is 3. The van der Waals surface area contributed by atoms with Crippen molar-refractivity contribution in [1.29, 1.82) is 0 Å². The first kappa shape index (κ1) is 10.9. The lowest BCUT2D eigenvalue weighted by Crippen LogP contribution is -2.20. The first-order chi connectivity index (χ1) is 7.65. The van der Waals surface area contributed by atoms with E-state index in [4.69, 9.17) is 11.5 Å². The summed E-state index contributed by atoms with van der Waals surface area (Å²) in [4.78, 5) is 11.5. The topological polar surface area (TPSA) is 74.0 Å². The standard InChI is InChI=1S/C12H15N3O/c1-8(16)15-7-10(11(14)6-13)9-4-2-3-5-12(9)15/h2-5,7,11H,6,13-14H2,1H3/t11-/m1/s1. The summed E-state index contributed by atoms with van der Waals surface area (Å²) in [6.45, 7) is 1.90. The normalized spacial score (nSPS) is 12.9. The number of benzene rings is 1. The Kier molecular flexibility index (Phi) is 2.77. The second-order valence-electron chi connectivity index (χ2n) is 3.83. The lowest BCUT2D eigenvalue weighted by atomic mass is 10.1. The van der Waals surface area contributed by atoms with Gasteiger partial charge in [0.1, 0.15) is 0 Å². The van der Waals surface area contributed by atoms with Gasteiger partial charge < -0.3 is 11.5 Å². The molecule has 1 atom stereocenters. The highest BCUT2D eigenvalue weighted by Gasteiger charge is 2.14. The molecule has 0 spiro atoms. The van der Waals surface area contributed by atoms with Gasteiger partial charge in [-0.2, -0.15) is 0 Å². The van der Waals surface area contributed by atoms with Gasteiger partial charge in [-0.25, -0.2) is 0 Å². The summed E-state index contributed by atoms with van der Waals surface area (Å²) in [5, 5.41) is 0.996. The van der Waals surface area contributed by atoms with Crippen molar-refractivity contribution in [3.8, 4) is 0 Å². The minimum atomic E-state index is -0.231. The van der Waals surface area contributed by atoms with Gasteiger partial charge in [0.05, 0.1) is 5.52 Å². The molecule has 0 amide bonds. The van der Waals surface area contributed by atoms with Gasteiger partial charge in [-0.3, -0.25) is 9.36 Å². The number of hydrogen-bond donors (Lipinski definition) is 2. The van der Waals surface area contributed by atoms with Crippen LogP contribution in [0, 0.1) is 0 Å². The molecule has 0 aliphatic rings. The minimum absolute atomic E-state index is 0.0216. The van der Waals surface area contributed by atoms with Crippen molar-refractivity contribution in [1.82, 2.24) is 4.57 Å². The molecule has 0 saturated carbocycles. The molecule has 2 aromatic rings. The van der Waals surface area contributed by atoms with E-state index in [9.17, 15) is 4.79 Å². The third-order valence-corrected chi connectivity index (χ3v) is 2.74. The van der Waals surface area contributed by atoms with Crippen LogP contribution in [0.15, 0.2) is 30.5 Å². The molecule has 1 aromatic carbocycles. The first-order valence-corrected chi connectivity index (χ1v) is 5.21. The molecule has 0 fully saturated rings. The van der Waals surface area contributed by atoms with Crippen LogP contribution in [0.5, 0.6) is 0 Å². The molecule has 2 rings (SSSR count). The number of carbonyl (C=O) groups excluding carboxylic acids is 1. The Morgan fingerprint density at radius 2 is 2.12 bits per heavy atom. The van der Waals surface area contributed by atoms with Gasteiger partial charge in [0, 0.05) is 31.1 Å². The molecule has 1 heterocycles. The van der Waals surface area contributed by atoms with Crippen LogP contribution in [-0.4, -0.2) is 17.0 Å². The molecule has 1 aromatic heterocycles. The summed E-state index contributed by atoms with van der Waals surface area (Å²) < 4.78 is 1.61. The van der Waals surface area contributed by atoms with E-state index < -0.39 is 0 Å². The maximum Gasteiger partial charge on any atom is 0.227 e. The zero-order chi connectivity index (χ0) is 11.7. The molecule has 16 heavy (non-hydrogen) atoms. The molecule has 0 aliphatic heterocycles. The zero-order valence-electron chi connectivity index (χ0n) is 9.18. The molecule has 0 bridgehead atoms. The van der Waals surface area contributed by atoms with Crippen LogP contribution < -0.4 is 11.5 Å². The molecule has 0 radical (unpaired) electrons. The lowest BCUT2D eigenvalue weighted by molar-refractivity contribution is 0.0941. The van der Waals surface area contributed by atoms with Crippen molar-refractivity contribution in [3.05, 3.63) is 36.0 Å². The van der Waals surface area contributed by atoms with E-state index in [1.165, 1.54) is 6.92 Å². The van der Waals surface area contributed by atoms with Gasteiger partial charge in [-0.1, -0.05) is 18.2 Å². The third-order valence-electron chi connectivity index (χ3n) is 2.74. The largest absolute Gasteiger partial charge is 0.329 e. The van der Waals surface area contributed by atoms with Gasteiger partial charge in [0.25, 0.3) is 0 Å². The van der Waals surface area contributed by atoms with Crippen LogP contribution in [0.2, 0.25) is 0 Å². The fourth-order valence-electron chi connectivity index (χ4n) is 1.89. The Labute approximate surface area is 93.8 Å². The van der Waals surface area contributed by atoms with Crippen molar-refractivity contribution in [2.24, 2.45) is 11.5 Å². The van der Waals surface area contributed by atoms with Crippen LogP contribution in [0.3, 0.4) is 0 Å². The second kappa shape index (κ2) is 4.08. The zero-order valence-corrected chi connectivity index (χ0v) is 9.18. The van der Waals surface area contributed by atoms with Crippen molar-refractivity contribution in [2.45, 2.75) is 13.0 Å². The van der Waals surface area contributed by atoms with Crippen molar-refractivity contribution < 1.29 is 4.79 Å². The Morgan fingerprint density at radius 1 is 1.44 bits per heavy atom. The molecule has 84 valence electrons. The monoisotopic (exact) mass is 217 g/mol. The molecule has 4 N–H and O–H groups in total. The van der Waals surface area contributed by atoms with E-state index in [0.29, 0.717) is 6.54 Å². The SMILES string of the molecule is CC(=O)n1cc([C@H](N)CN)c2ccccc21. The molecule has 0 unspecified atom stereocenters. The van der Waals surface area contributed by atoms with Gasteiger partial charge >= 0.3 is 0 Å². The van der Waals surface area contributed by atoms with Gasteiger partial charge in [0.2, 0.25) is 5.91 Å². The molecule has 0 aliphatic carbocycles. The van der Waals surface area contributed by atoms with E-state index >= 15 is 0 Å². The second-order valence-corrected chi connectivity index (χ2v) is 3.83. The average molecular weight is 217 g/mol. The molecule has 4 heteroatoms. The van der Waals surface area contributed by atoms with Crippen molar-refractivity contribution >= 4 is 16.8 Å². The molecular formula is C12H15N3O. The highest BCUT2D eigenvalue weighted by atomic mass is 16.1. The number of para-hydroxylation sites is 1. The summed E-state index contributed by atoms with van der Waals surface area (Å²) >= 11 is 0. The van der Waals surface area contributed by atoms with Crippen LogP contribution in [-0.2, 0) is 0 Å². The number of nitrogens with two attached hydrogens (primary N) is 2. The summed E-state index contributed by atoms with van der Waals surface area (Å²) in [5.74, 6) is -0.0216. The Morgan fingerprint density at radius 3 is 2.75 bits per heavy atom. The van der Waals surface area contributed by atoms with Crippen LogP contribution >= 0.6 is 0 Å². The third kappa shape index (κ3) is 1.62. The smallest absolute Gasteiger partial charge is 0.227 e. The number of fused-ring (bicyclic) bond motifs is 1. The molecule has 4 nitrogen and oxygen atoms in total. The Balaban J connectivity index is 2.71. The van der Waals surface area contributed by atoms with E-state index in [2.05, 4.69) is 0 Å². The number of aromatic nitrogens is 1. The minimum Gasteiger partial charge on any atom is -0.329 e. The Hall–Kier alpha value is -1.65. The lowest BCUT2D eigenvalue weighted by Gasteiger charge is -2.06. The maximum absolute atomic E-state index is 11.5. The van der Waals surface area contributed by atoms with Gasteiger partial charge in [0.15, 0.2) is 0 Å². The number of nitrogens with zero attached hydrogens (tertiary/aromatic N) is 1. The van der Waals surface area contributed by atoms with E-state index in [1.54, 1.807) is 10.8 Å². The summed E-state index contributed by atoms with van der Waals surface area (Å²) in [6.07, 6.45) is 1.78. The van der Waals surface area contributed by atoms with Crippen molar-refractivity contribution in [2.75, 3.05) is 6.54 Å². The predicted octanol–water partition coefficient (Wildman–Crippen LogP) is 1.26. The quantitative estimate of drug-likeness (QED) is 0.795. The Bertz CT molecular complexity index is 530. The highest BCUT2D eigenvalue weighted by Crippen LogP contribution is 2.24. The van der Waals surface area contributed by atoms with E-state index in [0.717, 1.165) is 16.5 Å². The van der Waals surface area contributed by atoms with Gasteiger partial charge in [-0.05, 0) is 11.6 Å². The summed E-state index contributed by atoms with van der Waals surface area (Å²) in [5.41, 5.74) is 13.3. The van der Waals surface area contributed by atoms with Crippen LogP contribution in [0.25, 0.3) is 10.9 Å². The average Bonchev–Trinajstić information content (AvgIpc) is 2.67. The number of rotatable bonds is 2. The fraction of sp³-hybridized carbons (Fsp3) is 0.250. The predicted molar refractivity (Wildman–Crippen MR) is 64.2 cm³/mol. The molecule has 0 saturated heterocycles. The summed E-state index contributed by atoms with van der Waals surface area (Å²) in [6, 6.07) is 7.47.